The van der Waals surface area contributed by atoms with Gasteiger partial charge in [0.25, 0.3) is 11.5 Å². The number of hydrogen-bond acceptors (Lipinski definition) is 4. The zero-order valence-electron chi connectivity index (χ0n) is 22.9. The van der Waals surface area contributed by atoms with Gasteiger partial charge in [0.2, 0.25) is 0 Å². The molecule has 2 atom stereocenters. The van der Waals surface area contributed by atoms with Gasteiger partial charge in [-0.3, -0.25) is 4.79 Å². The van der Waals surface area contributed by atoms with Crippen LogP contribution in [0.5, 0.6) is 5.75 Å². The largest absolute Gasteiger partial charge is 0.489 e. The van der Waals surface area contributed by atoms with E-state index >= 15 is 0 Å². The number of nitrogens with one attached hydrogen (secondary N) is 2. The summed E-state index contributed by atoms with van der Waals surface area (Å²) >= 11 is 0. The van der Waals surface area contributed by atoms with Gasteiger partial charge in [0.05, 0.1) is 5.54 Å². The molecular formula is C31H31F4N3O4. The fraction of sp³-hybridized carbons (Fsp3) is 0.355. The minimum absolute atomic E-state index is 0.0644. The summed E-state index contributed by atoms with van der Waals surface area (Å²) in [5.41, 5.74) is -2.88. The van der Waals surface area contributed by atoms with Gasteiger partial charge in [-0.25, -0.2) is 9.18 Å². The molecule has 0 aromatic heterocycles. The van der Waals surface area contributed by atoms with E-state index in [0.29, 0.717) is 11.3 Å². The molecule has 3 amide bonds. The molecular weight excluding hydrogens is 554 g/mol. The second-order valence-corrected chi connectivity index (χ2v) is 10.5. The molecule has 2 fully saturated rings. The Kier molecular flexibility index (Phi) is 8.14. The van der Waals surface area contributed by atoms with Gasteiger partial charge in [0.1, 0.15) is 18.2 Å². The number of urea groups is 1. The van der Waals surface area contributed by atoms with Gasteiger partial charge in [-0.1, -0.05) is 66.7 Å². The van der Waals surface area contributed by atoms with Crippen LogP contribution in [0.4, 0.5) is 22.4 Å². The summed E-state index contributed by atoms with van der Waals surface area (Å²) in [6, 6.07) is 20.0. The van der Waals surface area contributed by atoms with Crippen LogP contribution >= 0.6 is 0 Å². The standard InChI is InChI=1S/C31H31F4N3O4/c1-41-30(31(33,34)35,22-10-6-3-7-11-22)27(39)38-16-14-29(15-17-38)25(19-36-28(40)37-29)24-13-12-23(32)18-26(24)42-20-21-8-4-2-5-9-21/h2-13,18,25H,14-17,19-20H2,1H3,(H2,36,37,40)/t25-,30-/m1/s1. The molecule has 0 radical (unpaired) electrons. The van der Waals surface area contributed by atoms with Crippen molar-refractivity contribution in [3.63, 3.8) is 0 Å². The van der Waals surface area contributed by atoms with Crippen LogP contribution in [-0.2, 0) is 21.7 Å². The Morgan fingerprint density at radius 2 is 1.64 bits per heavy atom. The molecule has 3 aromatic rings. The van der Waals surface area contributed by atoms with Crippen molar-refractivity contribution in [3.8, 4) is 5.75 Å². The highest BCUT2D eigenvalue weighted by Crippen LogP contribution is 2.46. The van der Waals surface area contributed by atoms with E-state index in [2.05, 4.69) is 10.6 Å². The number of ether oxygens (including phenoxy) is 2. The van der Waals surface area contributed by atoms with Gasteiger partial charge in [-0.2, -0.15) is 13.2 Å². The first-order valence-corrected chi connectivity index (χ1v) is 13.6. The maximum atomic E-state index is 14.5. The summed E-state index contributed by atoms with van der Waals surface area (Å²) in [4.78, 5) is 27.3. The van der Waals surface area contributed by atoms with Gasteiger partial charge in [0, 0.05) is 49.9 Å². The number of carbonyl (C=O) groups excluding carboxylic acids is 2. The SMILES string of the molecule is CO[C@@](C(=O)N1CCC2(CC1)NC(=O)NC[C@@H]2c1ccc(F)cc1OCc1ccccc1)(c1ccccc1)C(F)(F)F. The molecule has 0 saturated carbocycles. The Morgan fingerprint density at radius 1 is 1.00 bits per heavy atom. The summed E-state index contributed by atoms with van der Waals surface area (Å²) < 4.78 is 69.0. The van der Waals surface area contributed by atoms with Crippen LogP contribution in [0, 0.1) is 5.82 Å². The summed E-state index contributed by atoms with van der Waals surface area (Å²) in [7, 11) is 0.873. The number of amides is 3. The number of hydrogen-bond donors (Lipinski definition) is 2. The zero-order valence-corrected chi connectivity index (χ0v) is 22.9. The van der Waals surface area contributed by atoms with Crippen molar-refractivity contribution in [2.75, 3.05) is 26.7 Å². The van der Waals surface area contributed by atoms with Crippen LogP contribution in [0.15, 0.2) is 78.9 Å². The van der Waals surface area contributed by atoms with Crippen molar-refractivity contribution >= 4 is 11.9 Å². The number of carbonyl (C=O) groups is 2. The van der Waals surface area contributed by atoms with Gasteiger partial charge in [0.15, 0.2) is 0 Å². The van der Waals surface area contributed by atoms with Crippen LogP contribution in [0.2, 0.25) is 0 Å². The first kappa shape index (κ1) is 29.4. The van der Waals surface area contributed by atoms with Gasteiger partial charge >= 0.3 is 12.2 Å². The molecule has 2 heterocycles. The van der Waals surface area contributed by atoms with E-state index in [9.17, 15) is 27.2 Å². The van der Waals surface area contributed by atoms with Crippen molar-refractivity contribution in [3.05, 3.63) is 101 Å². The van der Waals surface area contributed by atoms with Crippen LogP contribution in [0.1, 0.15) is 35.4 Å². The van der Waals surface area contributed by atoms with Crippen LogP contribution in [-0.4, -0.2) is 55.3 Å². The topological polar surface area (TPSA) is 79.9 Å². The third-order valence-electron chi connectivity index (χ3n) is 8.21. The number of benzene rings is 3. The fourth-order valence-electron chi connectivity index (χ4n) is 6.02. The molecule has 0 bridgehead atoms. The van der Waals surface area contributed by atoms with Crippen molar-refractivity contribution < 1.29 is 36.6 Å². The van der Waals surface area contributed by atoms with E-state index in [4.69, 9.17) is 9.47 Å². The van der Waals surface area contributed by atoms with E-state index in [-0.39, 0.29) is 44.6 Å². The fourth-order valence-corrected chi connectivity index (χ4v) is 6.02. The number of piperidine rings is 1. The Bertz CT molecular complexity index is 1410. The normalized spacial score (nSPS) is 19.9. The maximum absolute atomic E-state index is 14.5. The van der Waals surface area contributed by atoms with E-state index in [0.717, 1.165) is 17.6 Å². The maximum Gasteiger partial charge on any atom is 0.430 e. The predicted molar refractivity (Wildman–Crippen MR) is 146 cm³/mol. The Hall–Kier alpha value is -4.12. The van der Waals surface area contributed by atoms with E-state index in [1.165, 1.54) is 36.4 Å². The molecule has 42 heavy (non-hydrogen) atoms. The Labute approximate surface area is 240 Å². The molecule has 0 unspecified atom stereocenters. The average Bonchev–Trinajstić information content (AvgIpc) is 2.98. The minimum atomic E-state index is -5.03. The number of nitrogens with zero attached hydrogens (tertiary/aromatic N) is 1. The Balaban J connectivity index is 1.42. The van der Waals surface area contributed by atoms with Crippen molar-refractivity contribution in [1.29, 1.82) is 0 Å². The van der Waals surface area contributed by atoms with E-state index in [1.54, 1.807) is 12.1 Å². The number of methoxy groups -OCH3 is 1. The van der Waals surface area contributed by atoms with Crippen LogP contribution in [0.25, 0.3) is 0 Å². The molecule has 3 aromatic carbocycles. The first-order chi connectivity index (χ1) is 20.1. The van der Waals surface area contributed by atoms with Crippen molar-refractivity contribution in [2.24, 2.45) is 0 Å². The van der Waals surface area contributed by atoms with Gasteiger partial charge in [-0.15, -0.1) is 0 Å². The van der Waals surface area contributed by atoms with Gasteiger partial charge in [-0.05, 0) is 24.5 Å². The molecule has 2 saturated heterocycles. The lowest BCUT2D eigenvalue weighted by Gasteiger charge is -2.50. The highest BCUT2D eigenvalue weighted by molar-refractivity contribution is 5.88. The summed E-state index contributed by atoms with van der Waals surface area (Å²) in [6.07, 6.45) is -4.70. The lowest BCUT2D eigenvalue weighted by Crippen LogP contribution is -2.67. The minimum Gasteiger partial charge on any atom is -0.489 e. The molecule has 2 N–H and O–H groups in total. The molecule has 2 aliphatic rings. The number of likely N-dealkylation sites (tertiary alicyclic amines) is 1. The molecule has 2 aliphatic heterocycles. The molecule has 1 spiro atoms. The third kappa shape index (κ3) is 5.40. The molecule has 5 rings (SSSR count). The van der Waals surface area contributed by atoms with Crippen molar-refractivity contribution in [2.45, 2.75) is 42.7 Å². The smallest absolute Gasteiger partial charge is 0.430 e. The van der Waals surface area contributed by atoms with E-state index in [1.807, 2.05) is 30.3 Å². The molecule has 7 nitrogen and oxygen atoms in total. The van der Waals surface area contributed by atoms with Crippen LogP contribution < -0.4 is 15.4 Å². The van der Waals surface area contributed by atoms with Crippen LogP contribution in [0.3, 0.4) is 0 Å². The average molecular weight is 586 g/mol. The summed E-state index contributed by atoms with van der Waals surface area (Å²) in [5, 5.41) is 5.76. The Morgan fingerprint density at radius 3 is 2.26 bits per heavy atom. The summed E-state index contributed by atoms with van der Waals surface area (Å²) in [5.74, 6) is -1.82. The third-order valence-corrected chi connectivity index (χ3v) is 8.21. The number of halogens is 4. The summed E-state index contributed by atoms with van der Waals surface area (Å²) in [6.45, 7) is 0.257. The molecule has 0 aliphatic carbocycles. The lowest BCUT2D eigenvalue weighted by molar-refractivity contribution is -0.270. The van der Waals surface area contributed by atoms with Crippen molar-refractivity contribution in [1.82, 2.24) is 15.5 Å². The second-order valence-electron chi connectivity index (χ2n) is 10.5. The van der Waals surface area contributed by atoms with E-state index < -0.39 is 41.0 Å². The first-order valence-electron chi connectivity index (χ1n) is 13.6. The number of rotatable bonds is 7. The second kappa shape index (κ2) is 11.6. The highest BCUT2D eigenvalue weighted by Gasteiger charge is 2.64. The lowest BCUT2D eigenvalue weighted by atomic mass is 9.71. The highest BCUT2D eigenvalue weighted by atomic mass is 19.4. The molecule has 222 valence electrons. The van der Waals surface area contributed by atoms with Gasteiger partial charge < -0.3 is 25.0 Å². The predicted octanol–water partition coefficient (Wildman–Crippen LogP) is 5.27. The number of alkyl halides is 3. The molecule has 11 heteroatoms. The monoisotopic (exact) mass is 585 g/mol. The quantitative estimate of drug-likeness (QED) is 0.371. The zero-order chi connectivity index (χ0) is 30.0.